The van der Waals surface area contributed by atoms with E-state index in [9.17, 15) is 4.48 Å². The third-order valence-electron chi connectivity index (χ3n) is 1.31. The van der Waals surface area contributed by atoms with Crippen molar-refractivity contribution in [3.05, 3.63) is 34.9 Å². The summed E-state index contributed by atoms with van der Waals surface area (Å²) >= 11 is 5.59. The van der Waals surface area contributed by atoms with Crippen molar-refractivity contribution in [2.75, 3.05) is 0 Å². The van der Waals surface area contributed by atoms with Crippen molar-refractivity contribution >= 4 is 17.3 Å². The van der Waals surface area contributed by atoms with Crippen molar-refractivity contribution in [1.29, 1.82) is 5.26 Å². The number of hydrogen-bond acceptors (Lipinski definition) is 2. The van der Waals surface area contributed by atoms with E-state index in [1.165, 1.54) is 12.1 Å². The number of halogens is 2. The number of nitrogens with zero attached hydrogens (tertiary/aromatic N) is 2. The molecule has 0 aliphatic heterocycles. The molecule has 0 atom stereocenters. The van der Waals surface area contributed by atoms with Gasteiger partial charge in [-0.05, 0) is 12.1 Å². The molecule has 0 aromatic heterocycles. The average Bonchev–Trinajstić information content (AvgIpc) is 2.10. The molecule has 0 fully saturated rings. The van der Waals surface area contributed by atoms with Crippen molar-refractivity contribution in [3.63, 3.8) is 0 Å². The Morgan fingerprint density at radius 1 is 1.42 bits per heavy atom. The molecule has 4 heteroatoms. The van der Waals surface area contributed by atoms with Crippen LogP contribution in [0.25, 0.3) is 0 Å². The van der Waals surface area contributed by atoms with Crippen molar-refractivity contribution < 1.29 is 4.48 Å². The summed E-state index contributed by atoms with van der Waals surface area (Å²) in [6.45, 7) is 0. The monoisotopic (exact) mass is 182 g/mol. The van der Waals surface area contributed by atoms with Crippen molar-refractivity contribution in [3.8, 4) is 6.07 Å². The molecule has 1 rings (SSSR count). The standard InChI is InChI=1S/C8H4ClFN2/c9-7-3-1-6(2-4-7)8(5-11)12-10/h1-4H/b12-8+. The second-order valence-electron chi connectivity index (χ2n) is 2.05. The molecule has 0 aliphatic rings. The van der Waals surface area contributed by atoms with E-state index in [2.05, 4.69) is 5.21 Å². The third kappa shape index (κ3) is 1.80. The summed E-state index contributed by atoms with van der Waals surface area (Å²) < 4.78 is 11.8. The molecule has 0 radical (unpaired) electrons. The predicted molar refractivity (Wildman–Crippen MR) is 44.7 cm³/mol. The van der Waals surface area contributed by atoms with Gasteiger partial charge in [0, 0.05) is 10.6 Å². The summed E-state index contributed by atoms with van der Waals surface area (Å²) in [6.07, 6.45) is 0. The number of nitriles is 1. The van der Waals surface area contributed by atoms with Crippen LogP contribution < -0.4 is 0 Å². The minimum Gasteiger partial charge on any atom is -0.191 e. The Morgan fingerprint density at radius 3 is 2.42 bits per heavy atom. The van der Waals surface area contributed by atoms with Gasteiger partial charge in [-0.3, -0.25) is 0 Å². The molecule has 1 aromatic carbocycles. The molecular weight excluding hydrogens is 179 g/mol. The van der Waals surface area contributed by atoms with Crippen LogP contribution in [0, 0.1) is 11.3 Å². The number of hydrogen-bond donors (Lipinski definition) is 0. The van der Waals surface area contributed by atoms with E-state index in [0.29, 0.717) is 10.6 Å². The van der Waals surface area contributed by atoms with Gasteiger partial charge in [0.2, 0.25) is 0 Å². The molecule has 0 saturated carbocycles. The summed E-state index contributed by atoms with van der Waals surface area (Å²) in [5, 5.41) is 11.3. The SMILES string of the molecule is N#C/C(=N\F)c1ccc(Cl)cc1. The first-order valence-corrected chi connectivity index (χ1v) is 3.50. The zero-order valence-electron chi connectivity index (χ0n) is 5.96. The average molecular weight is 183 g/mol. The Kier molecular flexibility index (Phi) is 2.78. The van der Waals surface area contributed by atoms with Gasteiger partial charge < -0.3 is 0 Å². The van der Waals surface area contributed by atoms with Crippen LogP contribution in [0.5, 0.6) is 0 Å². The smallest absolute Gasteiger partial charge is 0.180 e. The molecular formula is C8H4ClFN2. The van der Waals surface area contributed by atoms with Crippen LogP contribution >= 0.6 is 11.6 Å². The Balaban J connectivity index is 3.06. The first-order chi connectivity index (χ1) is 5.77. The lowest BCUT2D eigenvalue weighted by Crippen LogP contribution is -1.94. The van der Waals surface area contributed by atoms with E-state index in [4.69, 9.17) is 16.9 Å². The summed E-state index contributed by atoms with van der Waals surface area (Å²) in [6, 6.07) is 7.82. The Labute approximate surface area is 73.9 Å². The van der Waals surface area contributed by atoms with Crippen molar-refractivity contribution in [2.45, 2.75) is 0 Å². The lowest BCUT2D eigenvalue weighted by molar-refractivity contribution is 0.539. The van der Waals surface area contributed by atoms with E-state index >= 15 is 0 Å². The zero-order chi connectivity index (χ0) is 8.97. The fourth-order valence-electron chi connectivity index (χ4n) is 0.740. The molecule has 0 saturated heterocycles. The number of rotatable bonds is 1. The maximum Gasteiger partial charge on any atom is 0.180 e. The van der Waals surface area contributed by atoms with E-state index in [1.54, 1.807) is 18.2 Å². The van der Waals surface area contributed by atoms with Crippen LogP contribution in [0.2, 0.25) is 5.02 Å². The van der Waals surface area contributed by atoms with Crippen LogP contribution in [0.3, 0.4) is 0 Å². The summed E-state index contributed by atoms with van der Waals surface area (Å²) in [5.41, 5.74) is 0.177. The summed E-state index contributed by atoms with van der Waals surface area (Å²) in [7, 11) is 0. The minimum absolute atomic E-state index is 0.244. The third-order valence-corrected chi connectivity index (χ3v) is 1.56. The fraction of sp³-hybridized carbons (Fsp3) is 0. The van der Waals surface area contributed by atoms with E-state index in [0.717, 1.165) is 0 Å². The minimum atomic E-state index is -0.244. The van der Waals surface area contributed by atoms with Crippen LogP contribution in [0.1, 0.15) is 5.56 Å². The quantitative estimate of drug-likeness (QED) is 0.615. The topological polar surface area (TPSA) is 36.1 Å². The maximum atomic E-state index is 11.8. The Morgan fingerprint density at radius 2 is 2.00 bits per heavy atom. The van der Waals surface area contributed by atoms with Gasteiger partial charge in [-0.2, -0.15) is 5.26 Å². The van der Waals surface area contributed by atoms with Gasteiger partial charge >= 0.3 is 0 Å². The molecule has 0 heterocycles. The molecule has 1 aromatic rings. The van der Waals surface area contributed by atoms with Gasteiger partial charge in [-0.25, -0.2) is 0 Å². The van der Waals surface area contributed by atoms with Gasteiger partial charge in [0.1, 0.15) is 6.07 Å². The fourth-order valence-corrected chi connectivity index (χ4v) is 0.866. The first kappa shape index (κ1) is 8.69. The number of benzene rings is 1. The molecule has 0 aliphatic carbocycles. The highest BCUT2D eigenvalue weighted by atomic mass is 35.5. The van der Waals surface area contributed by atoms with Gasteiger partial charge in [0.15, 0.2) is 5.71 Å². The maximum absolute atomic E-state index is 11.8. The predicted octanol–water partition coefficient (Wildman–Crippen LogP) is 2.54. The van der Waals surface area contributed by atoms with Crippen LogP contribution in [0.15, 0.2) is 29.5 Å². The van der Waals surface area contributed by atoms with Crippen LogP contribution in [-0.4, -0.2) is 5.71 Å². The largest absolute Gasteiger partial charge is 0.191 e. The lowest BCUT2D eigenvalue weighted by Gasteiger charge is -1.93. The van der Waals surface area contributed by atoms with Gasteiger partial charge in [0.25, 0.3) is 0 Å². The highest BCUT2D eigenvalue weighted by Crippen LogP contribution is 2.10. The summed E-state index contributed by atoms with van der Waals surface area (Å²) in [5.74, 6) is 0. The molecule has 0 bridgehead atoms. The zero-order valence-corrected chi connectivity index (χ0v) is 6.72. The highest BCUT2D eigenvalue weighted by molar-refractivity contribution is 6.30. The van der Waals surface area contributed by atoms with Crippen molar-refractivity contribution in [2.24, 2.45) is 5.21 Å². The summed E-state index contributed by atoms with van der Waals surface area (Å²) in [4.78, 5) is 0. The van der Waals surface area contributed by atoms with Gasteiger partial charge in [-0.15, -0.1) is 0 Å². The Hall–Kier alpha value is -1.40. The van der Waals surface area contributed by atoms with Gasteiger partial charge in [-0.1, -0.05) is 33.4 Å². The first-order valence-electron chi connectivity index (χ1n) is 3.13. The van der Waals surface area contributed by atoms with E-state index < -0.39 is 0 Å². The molecule has 2 nitrogen and oxygen atoms in total. The molecule has 0 N–H and O–H groups in total. The highest BCUT2D eigenvalue weighted by Gasteiger charge is 2.01. The molecule has 12 heavy (non-hydrogen) atoms. The van der Waals surface area contributed by atoms with Crippen LogP contribution in [-0.2, 0) is 0 Å². The van der Waals surface area contributed by atoms with Crippen LogP contribution in [0.4, 0.5) is 4.48 Å². The molecule has 0 amide bonds. The van der Waals surface area contributed by atoms with Crippen molar-refractivity contribution in [1.82, 2.24) is 0 Å². The molecule has 0 spiro atoms. The second-order valence-corrected chi connectivity index (χ2v) is 2.49. The second kappa shape index (κ2) is 3.84. The normalized spacial score (nSPS) is 10.9. The van der Waals surface area contributed by atoms with E-state index in [1.807, 2.05) is 0 Å². The molecule has 60 valence electrons. The lowest BCUT2D eigenvalue weighted by atomic mass is 10.1. The molecule has 0 unspecified atom stereocenters. The Bertz CT molecular complexity index is 337. The van der Waals surface area contributed by atoms with Gasteiger partial charge in [0.05, 0.1) is 0 Å². The van der Waals surface area contributed by atoms with E-state index in [-0.39, 0.29) is 5.71 Å².